The van der Waals surface area contributed by atoms with Crippen LogP contribution in [0, 0.1) is 0 Å². The third kappa shape index (κ3) is 4.82. The number of thioether (sulfide) groups is 1. The Morgan fingerprint density at radius 2 is 1.78 bits per heavy atom. The minimum atomic E-state index is -3.13. The lowest BCUT2D eigenvalue weighted by molar-refractivity contribution is -0.119. The molecule has 4 rings (SSSR count). The van der Waals surface area contributed by atoms with Crippen molar-refractivity contribution in [2.45, 2.75) is 38.0 Å². The molecule has 170 valence electrons. The van der Waals surface area contributed by atoms with E-state index in [1.165, 1.54) is 11.8 Å². The Balaban J connectivity index is 1.65. The van der Waals surface area contributed by atoms with Crippen molar-refractivity contribution >= 4 is 50.0 Å². The number of anilines is 1. The first kappa shape index (κ1) is 23.1. The van der Waals surface area contributed by atoms with Crippen LogP contribution in [-0.4, -0.2) is 48.9 Å². The maximum Gasteiger partial charge on any atom is 0.285 e. The zero-order valence-electron chi connectivity index (χ0n) is 18.0. The average molecular weight is 493 g/mol. The molecule has 0 bridgehead atoms. The number of hydrogen-bond donors (Lipinski definition) is 0. The van der Waals surface area contributed by atoms with E-state index >= 15 is 0 Å². The first-order valence-electron chi connectivity index (χ1n) is 10.6. The van der Waals surface area contributed by atoms with Gasteiger partial charge in [-0.3, -0.25) is 4.79 Å². The fraction of sp³-hybridized carbons (Fsp3) is 0.391. The van der Waals surface area contributed by atoms with Crippen LogP contribution in [0.15, 0.2) is 47.5 Å². The zero-order chi connectivity index (χ0) is 22.9. The van der Waals surface area contributed by atoms with E-state index in [-0.39, 0.29) is 29.4 Å². The summed E-state index contributed by atoms with van der Waals surface area (Å²) in [6, 6.07) is 12.7. The van der Waals surface area contributed by atoms with E-state index in [1.807, 2.05) is 11.0 Å². The molecule has 0 aliphatic carbocycles. The zero-order valence-corrected chi connectivity index (χ0v) is 20.3. The van der Waals surface area contributed by atoms with Crippen molar-refractivity contribution in [3.8, 4) is 5.75 Å². The second-order valence-electron chi connectivity index (χ2n) is 7.83. The molecular weight excluding hydrogens is 468 g/mol. The van der Waals surface area contributed by atoms with Gasteiger partial charge in [0.05, 0.1) is 17.5 Å². The van der Waals surface area contributed by atoms with Crippen LogP contribution in [0.3, 0.4) is 0 Å². The monoisotopic (exact) mass is 492 g/mol. The smallest absolute Gasteiger partial charge is 0.285 e. The van der Waals surface area contributed by atoms with Gasteiger partial charge in [-0.2, -0.15) is 4.99 Å². The second kappa shape index (κ2) is 9.45. The second-order valence-corrected chi connectivity index (χ2v) is 11.6. The van der Waals surface area contributed by atoms with Crippen LogP contribution in [0.1, 0.15) is 25.0 Å². The number of halogens is 1. The molecule has 2 atom stereocenters. The molecule has 2 fully saturated rings. The molecule has 2 aliphatic rings. The summed E-state index contributed by atoms with van der Waals surface area (Å²) in [4.78, 5) is 19.0. The topological polar surface area (TPSA) is 76.0 Å². The summed E-state index contributed by atoms with van der Waals surface area (Å²) in [5.74, 6) is 0.289. The van der Waals surface area contributed by atoms with Gasteiger partial charge in [-0.15, -0.1) is 0 Å². The molecule has 0 spiro atoms. The summed E-state index contributed by atoms with van der Waals surface area (Å²) >= 11 is 7.26. The van der Waals surface area contributed by atoms with Crippen molar-refractivity contribution in [2.75, 3.05) is 23.0 Å². The minimum absolute atomic E-state index is 0.0698. The number of aryl methyl sites for hydroxylation is 2. The molecule has 2 aromatic rings. The van der Waals surface area contributed by atoms with Gasteiger partial charge < -0.3 is 9.64 Å². The highest BCUT2D eigenvalue weighted by molar-refractivity contribution is 8.16. The Labute approximate surface area is 197 Å². The van der Waals surface area contributed by atoms with E-state index in [0.29, 0.717) is 15.9 Å². The molecule has 0 saturated carbocycles. The summed E-state index contributed by atoms with van der Waals surface area (Å²) in [5.41, 5.74) is 3.22. The van der Waals surface area contributed by atoms with Crippen LogP contribution < -0.4 is 9.64 Å². The Bertz CT molecular complexity index is 1130. The van der Waals surface area contributed by atoms with Crippen molar-refractivity contribution in [3.05, 3.63) is 58.6 Å². The van der Waals surface area contributed by atoms with E-state index in [9.17, 15) is 13.2 Å². The number of amidine groups is 1. The van der Waals surface area contributed by atoms with E-state index < -0.39 is 15.7 Å². The molecule has 2 heterocycles. The highest BCUT2D eigenvalue weighted by Gasteiger charge is 2.50. The highest BCUT2D eigenvalue weighted by atomic mass is 35.5. The number of nitrogens with zero attached hydrogens (tertiary/aromatic N) is 2. The molecule has 2 aliphatic heterocycles. The number of aliphatic imine (C=N–C) groups is 1. The molecule has 0 aromatic heterocycles. The summed E-state index contributed by atoms with van der Waals surface area (Å²) < 4.78 is 30.3. The first-order valence-corrected chi connectivity index (χ1v) is 13.7. The van der Waals surface area contributed by atoms with Crippen molar-refractivity contribution in [2.24, 2.45) is 4.99 Å². The number of amides is 1. The molecule has 1 amide bonds. The average Bonchev–Trinajstić information content (AvgIpc) is 3.23. The number of rotatable bonds is 6. The van der Waals surface area contributed by atoms with Gasteiger partial charge >= 0.3 is 0 Å². The van der Waals surface area contributed by atoms with Crippen LogP contribution in [0.25, 0.3) is 0 Å². The van der Waals surface area contributed by atoms with Crippen LogP contribution in [-0.2, 0) is 27.5 Å². The van der Waals surface area contributed by atoms with Crippen LogP contribution in [0.2, 0.25) is 5.02 Å². The van der Waals surface area contributed by atoms with E-state index in [4.69, 9.17) is 16.3 Å². The fourth-order valence-electron chi connectivity index (χ4n) is 4.17. The molecule has 2 unspecified atom stereocenters. The van der Waals surface area contributed by atoms with Crippen molar-refractivity contribution in [3.63, 3.8) is 0 Å². The molecule has 2 aromatic carbocycles. The Morgan fingerprint density at radius 1 is 1.12 bits per heavy atom. The Kier molecular flexibility index (Phi) is 6.83. The number of sulfone groups is 1. The van der Waals surface area contributed by atoms with Gasteiger partial charge in [0.1, 0.15) is 5.75 Å². The van der Waals surface area contributed by atoms with Gasteiger partial charge in [-0.1, -0.05) is 55.4 Å². The fourth-order valence-corrected chi connectivity index (χ4v) is 8.21. The predicted molar refractivity (Wildman–Crippen MR) is 131 cm³/mol. The number of ether oxygens (including phenoxy) is 1. The maximum atomic E-state index is 12.7. The normalized spacial score (nSPS) is 22.8. The van der Waals surface area contributed by atoms with Gasteiger partial charge in [0, 0.05) is 16.0 Å². The van der Waals surface area contributed by atoms with Gasteiger partial charge in [-0.05, 0) is 48.2 Å². The number of fused-ring (bicyclic) bond motifs is 1. The van der Waals surface area contributed by atoms with Gasteiger partial charge in [-0.25, -0.2) is 8.42 Å². The summed E-state index contributed by atoms with van der Waals surface area (Å²) in [5, 5.41) is 0.998. The van der Waals surface area contributed by atoms with Gasteiger partial charge in [0.2, 0.25) is 0 Å². The highest BCUT2D eigenvalue weighted by Crippen LogP contribution is 2.43. The number of carbonyl (C=O) groups is 1. The van der Waals surface area contributed by atoms with E-state index in [0.717, 1.165) is 29.7 Å². The molecule has 0 N–H and O–H groups in total. The number of para-hydroxylation sites is 1. The lowest BCUT2D eigenvalue weighted by atomic mass is 10.0. The van der Waals surface area contributed by atoms with Crippen molar-refractivity contribution in [1.29, 1.82) is 0 Å². The summed E-state index contributed by atoms with van der Waals surface area (Å²) in [6.45, 7) is 3.95. The molecule has 32 heavy (non-hydrogen) atoms. The first-order chi connectivity index (χ1) is 15.3. The molecule has 2 saturated heterocycles. The van der Waals surface area contributed by atoms with Crippen molar-refractivity contribution in [1.82, 2.24) is 0 Å². The Hall–Kier alpha value is -2.03. The van der Waals surface area contributed by atoms with Crippen LogP contribution in [0.4, 0.5) is 5.69 Å². The van der Waals surface area contributed by atoms with Gasteiger partial charge in [0.25, 0.3) is 5.91 Å². The summed E-state index contributed by atoms with van der Waals surface area (Å²) in [6.07, 6.45) is 1.60. The quantitative estimate of drug-likeness (QED) is 0.603. The van der Waals surface area contributed by atoms with Crippen molar-refractivity contribution < 1.29 is 17.9 Å². The maximum absolute atomic E-state index is 12.7. The van der Waals surface area contributed by atoms with Crippen LogP contribution in [0.5, 0.6) is 5.75 Å². The third-order valence-electron chi connectivity index (χ3n) is 5.67. The van der Waals surface area contributed by atoms with E-state index in [2.05, 4.69) is 31.0 Å². The lowest BCUT2D eigenvalue weighted by Gasteiger charge is -2.29. The standard InChI is InChI=1S/C23H25ClN2O4S2/c1-3-15-6-5-7-16(4-2)22(15)26-19-13-32(28,29)14-20(19)31-23(26)25-21(27)12-30-18-10-8-17(24)9-11-18/h5-11,19-20H,3-4,12-14H2,1-2H3. The number of carbonyl (C=O) groups excluding carboxylic acids is 1. The summed E-state index contributed by atoms with van der Waals surface area (Å²) in [7, 11) is -3.13. The molecule has 9 heteroatoms. The Morgan fingerprint density at radius 3 is 2.41 bits per heavy atom. The number of benzene rings is 2. The molecular formula is C23H25ClN2O4S2. The van der Waals surface area contributed by atoms with E-state index in [1.54, 1.807) is 24.3 Å². The minimum Gasteiger partial charge on any atom is -0.484 e. The van der Waals surface area contributed by atoms with Crippen LogP contribution >= 0.6 is 23.4 Å². The molecule has 0 radical (unpaired) electrons. The lowest BCUT2D eigenvalue weighted by Crippen LogP contribution is -2.39. The number of hydrogen-bond acceptors (Lipinski definition) is 5. The van der Waals surface area contributed by atoms with Gasteiger partial charge in [0.15, 0.2) is 21.6 Å². The molecule has 6 nitrogen and oxygen atoms in total. The third-order valence-corrected chi connectivity index (χ3v) is 9.13. The SMILES string of the molecule is CCc1cccc(CC)c1N1C(=NC(=O)COc2ccc(Cl)cc2)SC2CS(=O)(=O)CC21. The predicted octanol–water partition coefficient (Wildman–Crippen LogP) is 4.15. The largest absolute Gasteiger partial charge is 0.484 e.